The quantitative estimate of drug-likeness (QED) is 0.678. The maximum absolute atomic E-state index is 5.64. The van der Waals surface area contributed by atoms with E-state index in [0.29, 0.717) is 6.61 Å². The molecule has 134 valence electrons. The van der Waals surface area contributed by atoms with Crippen LogP contribution in [-0.4, -0.2) is 29.7 Å². The molecule has 1 aliphatic rings. The average Bonchev–Trinajstić information content (AvgIpc) is 3.31. The summed E-state index contributed by atoms with van der Waals surface area (Å²) in [6.45, 7) is 4.26. The smallest absolute Gasteiger partial charge is 0.130 e. The molecule has 0 unspecified atom stereocenters. The monoisotopic (exact) mass is 367 g/mol. The fourth-order valence-electron chi connectivity index (χ4n) is 2.99. The van der Waals surface area contributed by atoms with E-state index in [4.69, 9.17) is 9.47 Å². The van der Waals surface area contributed by atoms with Gasteiger partial charge in [0.2, 0.25) is 0 Å². The Morgan fingerprint density at radius 2 is 2.19 bits per heavy atom. The van der Waals surface area contributed by atoms with Crippen LogP contribution in [-0.2, 0) is 12.8 Å². The molecule has 0 saturated heterocycles. The van der Waals surface area contributed by atoms with Gasteiger partial charge in [0.25, 0.3) is 0 Å². The second-order valence-corrected chi connectivity index (χ2v) is 7.00. The molecule has 0 saturated carbocycles. The molecule has 1 N–H and O–H groups in total. The molecule has 3 aromatic rings. The number of benzene rings is 1. The van der Waals surface area contributed by atoms with Gasteiger partial charge in [-0.25, -0.2) is 9.97 Å². The number of fused-ring (bicyclic) bond motifs is 1. The Kier molecular flexibility index (Phi) is 5.02. The van der Waals surface area contributed by atoms with Gasteiger partial charge in [0, 0.05) is 30.5 Å². The van der Waals surface area contributed by atoms with Crippen LogP contribution in [0.4, 0.5) is 5.82 Å². The summed E-state index contributed by atoms with van der Waals surface area (Å²) in [5, 5.41) is 5.39. The number of thiophene rings is 1. The lowest BCUT2D eigenvalue weighted by Gasteiger charge is -2.08. The molecule has 0 fully saturated rings. The zero-order valence-electron chi connectivity index (χ0n) is 14.7. The average molecular weight is 367 g/mol. The number of hydrogen-bond acceptors (Lipinski definition) is 6. The lowest BCUT2D eigenvalue weighted by molar-refractivity contribution is 0.342. The molecule has 26 heavy (non-hydrogen) atoms. The molecule has 3 heterocycles. The molecule has 0 bridgehead atoms. The number of nitrogens with zero attached hydrogens (tertiary/aromatic N) is 2. The molecule has 2 aromatic heterocycles. The zero-order chi connectivity index (χ0) is 17.8. The van der Waals surface area contributed by atoms with E-state index in [0.717, 1.165) is 53.9 Å². The summed E-state index contributed by atoms with van der Waals surface area (Å²) in [5.41, 5.74) is 3.49. The van der Waals surface area contributed by atoms with Crippen molar-refractivity contribution >= 4 is 17.2 Å². The number of anilines is 1. The summed E-state index contributed by atoms with van der Waals surface area (Å²) in [5.74, 6) is 2.76. The van der Waals surface area contributed by atoms with Crippen molar-refractivity contribution in [2.75, 3.05) is 25.1 Å². The first-order chi connectivity index (χ1) is 12.8. The molecular formula is C20H21N3O2S. The van der Waals surface area contributed by atoms with E-state index in [-0.39, 0.29) is 0 Å². The molecule has 0 spiro atoms. The highest BCUT2D eigenvalue weighted by Crippen LogP contribution is 2.30. The summed E-state index contributed by atoms with van der Waals surface area (Å²) >= 11 is 1.63. The fraction of sp³-hybridized carbons (Fsp3) is 0.300. The van der Waals surface area contributed by atoms with Crippen LogP contribution in [0.2, 0.25) is 0 Å². The molecule has 0 amide bonds. The Bertz CT molecular complexity index is 894. The normalized spacial score (nSPS) is 12.5. The fourth-order valence-corrected chi connectivity index (χ4v) is 3.78. The molecule has 1 aromatic carbocycles. The van der Waals surface area contributed by atoms with Crippen LogP contribution in [0, 0.1) is 0 Å². The third-order valence-electron chi connectivity index (χ3n) is 4.29. The van der Waals surface area contributed by atoms with Crippen molar-refractivity contribution in [2.24, 2.45) is 0 Å². The van der Waals surface area contributed by atoms with Crippen molar-refractivity contribution < 1.29 is 9.47 Å². The van der Waals surface area contributed by atoms with Crippen molar-refractivity contribution in [1.82, 2.24) is 9.97 Å². The van der Waals surface area contributed by atoms with Gasteiger partial charge in [-0.1, -0.05) is 12.1 Å². The third kappa shape index (κ3) is 3.80. The van der Waals surface area contributed by atoms with Crippen LogP contribution >= 0.6 is 11.3 Å². The first-order valence-electron chi connectivity index (χ1n) is 8.84. The van der Waals surface area contributed by atoms with Gasteiger partial charge >= 0.3 is 0 Å². The Morgan fingerprint density at radius 1 is 1.23 bits per heavy atom. The largest absolute Gasteiger partial charge is 0.493 e. The van der Waals surface area contributed by atoms with Crippen molar-refractivity contribution in [3.05, 3.63) is 53.2 Å². The molecule has 0 radical (unpaired) electrons. The third-order valence-corrected chi connectivity index (χ3v) is 5.22. The van der Waals surface area contributed by atoms with E-state index in [2.05, 4.69) is 33.5 Å². The van der Waals surface area contributed by atoms with Gasteiger partial charge in [0.1, 0.15) is 23.6 Å². The Morgan fingerprint density at radius 3 is 3.12 bits per heavy atom. The van der Waals surface area contributed by atoms with Crippen LogP contribution in [0.3, 0.4) is 0 Å². The van der Waals surface area contributed by atoms with Crippen LogP contribution in [0.5, 0.6) is 11.5 Å². The number of hydrogen-bond donors (Lipinski definition) is 1. The van der Waals surface area contributed by atoms with Crippen molar-refractivity contribution in [1.29, 1.82) is 0 Å². The summed E-state index contributed by atoms with van der Waals surface area (Å²) in [6, 6.07) is 10.5. The van der Waals surface area contributed by atoms with E-state index in [9.17, 15) is 0 Å². The number of nitrogens with one attached hydrogen (secondary N) is 1. The van der Waals surface area contributed by atoms with E-state index in [1.54, 1.807) is 17.7 Å². The van der Waals surface area contributed by atoms with Gasteiger partial charge in [0.05, 0.1) is 23.8 Å². The van der Waals surface area contributed by atoms with Crippen LogP contribution in [0.25, 0.3) is 10.6 Å². The first kappa shape index (κ1) is 16.8. The van der Waals surface area contributed by atoms with Crippen LogP contribution in [0.15, 0.2) is 42.0 Å². The molecule has 1 aliphatic heterocycles. The van der Waals surface area contributed by atoms with E-state index < -0.39 is 0 Å². The number of ether oxygens (including phenoxy) is 2. The van der Waals surface area contributed by atoms with Crippen LogP contribution < -0.4 is 14.8 Å². The predicted molar refractivity (Wildman–Crippen MR) is 104 cm³/mol. The summed E-state index contributed by atoms with van der Waals surface area (Å²) in [7, 11) is 0. The number of rotatable bonds is 7. The highest BCUT2D eigenvalue weighted by Gasteiger charge is 2.12. The number of aromatic nitrogens is 2. The Balaban J connectivity index is 1.37. The molecule has 5 nitrogen and oxygen atoms in total. The molecule has 0 aliphatic carbocycles. The van der Waals surface area contributed by atoms with Gasteiger partial charge in [-0.2, -0.15) is 0 Å². The standard InChI is InChI=1S/C20H21N3O2S/c1-2-24-16-10-19(26-12-16)17-11-20(23-13-22-17)21-7-5-14-3-4-15-6-8-25-18(15)9-14/h3-4,9-13H,2,5-8H2,1H3,(H,21,22,23). The minimum Gasteiger partial charge on any atom is -0.493 e. The van der Waals surface area contributed by atoms with Crippen LogP contribution in [0.1, 0.15) is 18.1 Å². The van der Waals surface area contributed by atoms with E-state index in [1.165, 1.54) is 11.1 Å². The van der Waals surface area contributed by atoms with Crippen molar-refractivity contribution in [3.63, 3.8) is 0 Å². The molecule has 4 rings (SSSR count). The van der Waals surface area contributed by atoms with Gasteiger partial charge in [0.15, 0.2) is 0 Å². The molecule has 0 atom stereocenters. The maximum atomic E-state index is 5.64. The van der Waals surface area contributed by atoms with Gasteiger partial charge in [-0.3, -0.25) is 0 Å². The summed E-state index contributed by atoms with van der Waals surface area (Å²) in [4.78, 5) is 9.78. The van der Waals surface area contributed by atoms with Crippen molar-refractivity contribution in [2.45, 2.75) is 19.8 Å². The SMILES string of the molecule is CCOc1csc(-c2cc(NCCc3ccc4c(c3)OCC4)ncn2)c1. The predicted octanol–water partition coefficient (Wildman–Crippen LogP) is 4.19. The summed E-state index contributed by atoms with van der Waals surface area (Å²) in [6.07, 6.45) is 3.54. The minimum absolute atomic E-state index is 0.667. The lowest BCUT2D eigenvalue weighted by Crippen LogP contribution is -2.06. The highest BCUT2D eigenvalue weighted by atomic mass is 32.1. The first-order valence-corrected chi connectivity index (χ1v) is 9.72. The second kappa shape index (κ2) is 7.74. The van der Waals surface area contributed by atoms with E-state index >= 15 is 0 Å². The second-order valence-electron chi connectivity index (χ2n) is 6.09. The van der Waals surface area contributed by atoms with Gasteiger partial charge in [-0.15, -0.1) is 11.3 Å². The highest BCUT2D eigenvalue weighted by molar-refractivity contribution is 7.13. The van der Waals surface area contributed by atoms with Gasteiger partial charge in [-0.05, 0) is 30.5 Å². The molecule has 6 heteroatoms. The molecular weight excluding hydrogens is 346 g/mol. The summed E-state index contributed by atoms with van der Waals surface area (Å²) < 4.78 is 11.2. The zero-order valence-corrected chi connectivity index (χ0v) is 15.5. The van der Waals surface area contributed by atoms with Crippen molar-refractivity contribution in [3.8, 4) is 22.1 Å². The minimum atomic E-state index is 0.667. The van der Waals surface area contributed by atoms with E-state index in [1.807, 2.05) is 24.4 Å². The lowest BCUT2D eigenvalue weighted by atomic mass is 10.1. The Hall–Kier alpha value is -2.60. The van der Waals surface area contributed by atoms with Gasteiger partial charge < -0.3 is 14.8 Å². The maximum Gasteiger partial charge on any atom is 0.130 e. The Labute approximate surface area is 157 Å². The topological polar surface area (TPSA) is 56.3 Å².